The molecule has 0 aromatic carbocycles. The number of imidazole rings is 1. The number of carbonyl (C=O) groups is 1. The van der Waals surface area contributed by atoms with E-state index in [0.717, 1.165) is 0 Å². The van der Waals surface area contributed by atoms with Gasteiger partial charge in [-0.15, -0.1) is 0 Å². The Balaban J connectivity index is 2.47. The molecule has 6 heteroatoms. The Morgan fingerprint density at radius 2 is 2.64 bits per heavy atom. The standard InChI is InChI=1S/C8H13N3O3/c1-2-14-11-7(8(12)13)3-6-4-9-5-10-6/h4-5,7,11H,2-3H2,1H3,(H,9,10)(H,12,13)/t7-/m0/s1. The topological polar surface area (TPSA) is 87.2 Å². The average Bonchev–Trinajstić information content (AvgIpc) is 2.64. The number of H-pyrrole nitrogens is 1. The van der Waals surface area contributed by atoms with Crippen molar-refractivity contribution in [1.29, 1.82) is 0 Å². The lowest BCUT2D eigenvalue weighted by Crippen LogP contribution is -2.38. The molecule has 0 fully saturated rings. The van der Waals surface area contributed by atoms with Gasteiger partial charge < -0.3 is 14.9 Å². The van der Waals surface area contributed by atoms with Crippen LogP contribution in [0.3, 0.4) is 0 Å². The van der Waals surface area contributed by atoms with E-state index in [4.69, 9.17) is 9.94 Å². The van der Waals surface area contributed by atoms with Crippen molar-refractivity contribution in [1.82, 2.24) is 15.4 Å². The highest BCUT2D eigenvalue weighted by Gasteiger charge is 2.18. The zero-order valence-corrected chi connectivity index (χ0v) is 7.86. The first-order valence-corrected chi connectivity index (χ1v) is 4.31. The van der Waals surface area contributed by atoms with Gasteiger partial charge >= 0.3 is 5.97 Å². The minimum atomic E-state index is -0.957. The molecule has 0 bridgehead atoms. The summed E-state index contributed by atoms with van der Waals surface area (Å²) < 4.78 is 0. The first-order valence-electron chi connectivity index (χ1n) is 4.31. The summed E-state index contributed by atoms with van der Waals surface area (Å²) in [5, 5.41) is 8.82. The quantitative estimate of drug-likeness (QED) is 0.559. The van der Waals surface area contributed by atoms with E-state index in [1.54, 1.807) is 13.1 Å². The summed E-state index contributed by atoms with van der Waals surface area (Å²) in [6.45, 7) is 2.20. The Bertz CT molecular complexity index is 273. The lowest BCUT2D eigenvalue weighted by atomic mass is 10.2. The van der Waals surface area contributed by atoms with Crippen LogP contribution in [0.25, 0.3) is 0 Å². The second-order valence-electron chi connectivity index (χ2n) is 2.71. The van der Waals surface area contributed by atoms with Gasteiger partial charge in [0.25, 0.3) is 0 Å². The minimum Gasteiger partial charge on any atom is -0.480 e. The fraction of sp³-hybridized carbons (Fsp3) is 0.500. The molecule has 0 aliphatic carbocycles. The number of nitrogens with zero attached hydrogens (tertiary/aromatic N) is 1. The normalized spacial score (nSPS) is 12.6. The van der Waals surface area contributed by atoms with Gasteiger partial charge in [-0.3, -0.25) is 4.79 Å². The van der Waals surface area contributed by atoms with Crippen molar-refractivity contribution in [3.05, 3.63) is 18.2 Å². The first-order chi connectivity index (χ1) is 6.74. The number of aromatic nitrogens is 2. The summed E-state index contributed by atoms with van der Waals surface area (Å²) in [6.07, 6.45) is 3.46. The van der Waals surface area contributed by atoms with E-state index in [2.05, 4.69) is 15.4 Å². The molecule has 14 heavy (non-hydrogen) atoms. The number of hydroxylamine groups is 1. The van der Waals surface area contributed by atoms with Gasteiger partial charge in [-0.05, 0) is 6.92 Å². The Morgan fingerprint density at radius 1 is 1.86 bits per heavy atom. The SMILES string of the molecule is CCON[C@@H](Cc1c[nH]cn1)C(=O)O. The van der Waals surface area contributed by atoms with Crippen LogP contribution in [-0.2, 0) is 16.1 Å². The van der Waals surface area contributed by atoms with Gasteiger partial charge in [0.1, 0.15) is 6.04 Å². The van der Waals surface area contributed by atoms with Crippen molar-refractivity contribution in [2.75, 3.05) is 6.61 Å². The average molecular weight is 199 g/mol. The van der Waals surface area contributed by atoms with E-state index in [1.807, 2.05) is 0 Å². The number of hydrogen-bond acceptors (Lipinski definition) is 4. The lowest BCUT2D eigenvalue weighted by Gasteiger charge is -2.11. The van der Waals surface area contributed by atoms with E-state index in [-0.39, 0.29) is 0 Å². The molecule has 0 saturated carbocycles. The fourth-order valence-corrected chi connectivity index (χ4v) is 0.975. The van der Waals surface area contributed by atoms with Crippen LogP contribution in [0.4, 0.5) is 0 Å². The number of nitrogens with one attached hydrogen (secondary N) is 2. The van der Waals surface area contributed by atoms with Gasteiger partial charge in [-0.25, -0.2) is 4.98 Å². The molecule has 0 unspecified atom stereocenters. The maximum atomic E-state index is 10.8. The Labute approximate surface area is 81.3 Å². The molecule has 0 aliphatic heterocycles. The molecular formula is C8H13N3O3. The smallest absolute Gasteiger partial charge is 0.323 e. The third-order valence-corrected chi connectivity index (χ3v) is 1.64. The molecule has 1 aromatic heterocycles. The Kier molecular flexibility index (Phi) is 4.09. The first kappa shape index (κ1) is 10.7. The van der Waals surface area contributed by atoms with Crippen LogP contribution < -0.4 is 5.48 Å². The zero-order valence-electron chi connectivity index (χ0n) is 7.86. The highest BCUT2D eigenvalue weighted by molar-refractivity contribution is 5.73. The van der Waals surface area contributed by atoms with Gasteiger partial charge in [0.05, 0.1) is 18.6 Å². The van der Waals surface area contributed by atoms with Crippen LogP contribution in [0.1, 0.15) is 12.6 Å². The number of carboxylic acid groups (broad SMARTS) is 1. The summed E-state index contributed by atoms with van der Waals surface area (Å²) in [6, 6.07) is -0.766. The fourth-order valence-electron chi connectivity index (χ4n) is 0.975. The van der Waals surface area contributed by atoms with Crippen LogP contribution in [0.15, 0.2) is 12.5 Å². The minimum absolute atomic E-state index is 0.291. The molecule has 6 nitrogen and oxygen atoms in total. The molecular weight excluding hydrogens is 186 g/mol. The predicted octanol–water partition coefficient (Wildman–Crippen LogP) is -0.0535. The molecule has 78 valence electrons. The van der Waals surface area contributed by atoms with Crippen molar-refractivity contribution in [2.45, 2.75) is 19.4 Å². The summed E-state index contributed by atoms with van der Waals surface area (Å²) in [4.78, 5) is 22.3. The van der Waals surface area contributed by atoms with Gasteiger partial charge in [0.2, 0.25) is 0 Å². The largest absolute Gasteiger partial charge is 0.480 e. The molecule has 0 saturated heterocycles. The van der Waals surface area contributed by atoms with Crippen LogP contribution in [0.2, 0.25) is 0 Å². The molecule has 3 N–H and O–H groups in total. The van der Waals surface area contributed by atoms with Crippen LogP contribution in [-0.4, -0.2) is 33.7 Å². The van der Waals surface area contributed by atoms with Crippen molar-refractivity contribution >= 4 is 5.97 Å². The number of rotatable bonds is 6. The third kappa shape index (κ3) is 3.15. The van der Waals surface area contributed by atoms with Crippen LogP contribution in [0, 0.1) is 0 Å². The van der Waals surface area contributed by atoms with Crippen molar-refractivity contribution in [2.24, 2.45) is 0 Å². The summed E-state index contributed by atoms with van der Waals surface area (Å²) in [5.41, 5.74) is 3.14. The second kappa shape index (κ2) is 5.36. The van der Waals surface area contributed by atoms with E-state index in [9.17, 15) is 4.79 Å². The van der Waals surface area contributed by atoms with E-state index in [0.29, 0.717) is 18.7 Å². The van der Waals surface area contributed by atoms with Gasteiger partial charge in [0, 0.05) is 12.6 Å². The van der Waals surface area contributed by atoms with Crippen LogP contribution in [0.5, 0.6) is 0 Å². The molecule has 0 radical (unpaired) electrons. The zero-order chi connectivity index (χ0) is 10.4. The number of aromatic amines is 1. The van der Waals surface area contributed by atoms with Crippen molar-refractivity contribution in [3.63, 3.8) is 0 Å². The maximum absolute atomic E-state index is 10.8. The summed E-state index contributed by atoms with van der Waals surface area (Å²) in [7, 11) is 0. The monoisotopic (exact) mass is 199 g/mol. The van der Waals surface area contributed by atoms with E-state index < -0.39 is 12.0 Å². The Hall–Kier alpha value is -1.40. The highest BCUT2D eigenvalue weighted by Crippen LogP contribution is 1.98. The molecule has 1 rings (SSSR count). The summed E-state index contributed by atoms with van der Waals surface area (Å²) >= 11 is 0. The molecule has 1 atom stereocenters. The highest BCUT2D eigenvalue weighted by atomic mass is 16.6. The second-order valence-corrected chi connectivity index (χ2v) is 2.71. The molecule has 0 aliphatic rings. The number of hydrogen-bond donors (Lipinski definition) is 3. The third-order valence-electron chi connectivity index (χ3n) is 1.64. The predicted molar refractivity (Wildman–Crippen MR) is 48.5 cm³/mol. The van der Waals surface area contributed by atoms with Crippen molar-refractivity contribution in [3.8, 4) is 0 Å². The molecule has 0 amide bonds. The van der Waals surface area contributed by atoms with Gasteiger partial charge in [-0.2, -0.15) is 5.48 Å². The lowest BCUT2D eigenvalue weighted by molar-refractivity contribution is -0.143. The van der Waals surface area contributed by atoms with E-state index >= 15 is 0 Å². The van der Waals surface area contributed by atoms with Crippen LogP contribution >= 0.6 is 0 Å². The molecule has 1 heterocycles. The molecule has 0 spiro atoms. The maximum Gasteiger partial charge on any atom is 0.323 e. The molecule has 1 aromatic rings. The van der Waals surface area contributed by atoms with Gasteiger partial charge in [-0.1, -0.05) is 0 Å². The van der Waals surface area contributed by atoms with E-state index in [1.165, 1.54) is 6.33 Å². The Morgan fingerprint density at radius 3 is 3.14 bits per heavy atom. The van der Waals surface area contributed by atoms with Gasteiger partial charge in [0.15, 0.2) is 0 Å². The number of carboxylic acids is 1. The summed E-state index contributed by atoms with van der Waals surface area (Å²) in [5.74, 6) is -0.957. The number of aliphatic carboxylic acids is 1. The van der Waals surface area contributed by atoms with Crippen molar-refractivity contribution < 1.29 is 14.7 Å².